The van der Waals surface area contributed by atoms with Crippen molar-refractivity contribution >= 4 is 6.41 Å². The first-order chi connectivity index (χ1) is 9.21. The van der Waals surface area contributed by atoms with Crippen molar-refractivity contribution in [2.75, 3.05) is 19.6 Å². The average molecular weight is 494 g/mol. The minimum absolute atomic E-state index is 0. The molecule has 1 rings (SSSR count). The molecule has 0 spiro atoms. The van der Waals surface area contributed by atoms with Crippen LogP contribution in [0.15, 0.2) is 24.3 Å². The van der Waals surface area contributed by atoms with Gasteiger partial charge < -0.3 is 23.7 Å². The number of carbonyl (C=O) groups excluding carboxylic acids is 1. The van der Waals surface area contributed by atoms with E-state index in [0.717, 1.165) is 25.8 Å². The molecule has 0 aromatic heterocycles. The van der Waals surface area contributed by atoms with Crippen molar-refractivity contribution in [3.8, 4) is 0 Å². The molecular formula is C16H23N2OVW-. The van der Waals surface area contributed by atoms with Gasteiger partial charge in [-0.05, 0) is 31.9 Å². The van der Waals surface area contributed by atoms with E-state index in [2.05, 4.69) is 45.0 Å². The third-order valence-corrected chi connectivity index (χ3v) is 3.08. The SMILES string of the molecule is [CH2-]CCN(C[CH2-])N([C-]=O)CCCc1ccc(C)cc1.[V+2].[W]. The number of rotatable bonds is 9. The third kappa shape index (κ3) is 8.83. The van der Waals surface area contributed by atoms with E-state index in [0.29, 0.717) is 13.1 Å². The molecule has 1 amide bonds. The Kier molecular flexibility index (Phi) is 15.0. The molecule has 21 heavy (non-hydrogen) atoms. The van der Waals surface area contributed by atoms with Gasteiger partial charge in [0, 0.05) is 27.6 Å². The third-order valence-electron chi connectivity index (χ3n) is 3.08. The van der Waals surface area contributed by atoms with Crippen LogP contribution in [0.2, 0.25) is 0 Å². The van der Waals surface area contributed by atoms with E-state index in [1.54, 1.807) is 5.01 Å². The molecule has 0 aliphatic carbocycles. The first-order valence-corrected chi connectivity index (χ1v) is 6.75. The Bertz CT molecular complexity index is 373. The van der Waals surface area contributed by atoms with Gasteiger partial charge in [0.15, 0.2) is 0 Å². The molecular weight excluding hydrogens is 471 g/mol. The Balaban J connectivity index is 0. The Morgan fingerprint density at radius 3 is 2.24 bits per heavy atom. The quantitative estimate of drug-likeness (QED) is 0.300. The maximum absolute atomic E-state index is 11.0. The van der Waals surface area contributed by atoms with Gasteiger partial charge in [0.05, 0.1) is 0 Å². The number of nitrogens with zero attached hydrogens (tertiary/aromatic N) is 2. The van der Waals surface area contributed by atoms with Crippen LogP contribution in [0.3, 0.4) is 0 Å². The molecule has 1 aromatic carbocycles. The maximum Gasteiger partial charge on any atom is 2.00 e. The topological polar surface area (TPSA) is 23.6 Å². The second kappa shape index (κ2) is 13.6. The van der Waals surface area contributed by atoms with Crippen LogP contribution in [0.4, 0.5) is 0 Å². The van der Waals surface area contributed by atoms with Crippen LogP contribution >= 0.6 is 0 Å². The van der Waals surface area contributed by atoms with Crippen LogP contribution in [-0.2, 0) is 50.8 Å². The molecule has 0 bridgehead atoms. The maximum atomic E-state index is 11.0. The molecule has 0 atom stereocenters. The summed E-state index contributed by atoms with van der Waals surface area (Å²) in [6.07, 6.45) is 4.62. The van der Waals surface area contributed by atoms with Crippen LogP contribution in [0.25, 0.3) is 0 Å². The number of amides is 1. The molecule has 1 radical (unpaired) electrons. The smallest absolute Gasteiger partial charge is 0.518 e. The fraction of sp³-hybridized carbons (Fsp3) is 0.438. The molecule has 0 aliphatic heterocycles. The molecule has 0 saturated heterocycles. The molecule has 1 aromatic rings. The Hall–Kier alpha value is -0.0773. The summed E-state index contributed by atoms with van der Waals surface area (Å²) in [5.74, 6) is 0. The van der Waals surface area contributed by atoms with Crippen LogP contribution in [0.1, 0.15) is 24.0 Å². The van der Waals surface area contributed by atoms with Gasteiger partial charge >= 0.3 is 18.6 Å². The molecule has 0 fully saturated rings. The molecule has 0 aliphatic rings. The molecule has 115 valence electrons. The van der Waals surface area contributed by atoms with E-state index >= 15 is 0 Å². The van der Waals surface area contributed by atoms with E-state index in [1.807, 2.05) is 11.4 Å². The molecule has 0 N–H and O–H groups in total. The average Bonchev–Trinajstić information content (AvgIpc) is 2.43. The summed E-state index contributed by atoms with van der Waals surface area (Å²) >= 11 is 0. The summed E-state index contributed by atoms with van der Waals surface area (Å²) in [5.41, 5.74) is 2.57. The van der Waals surface area contributed by atoms with E-state index in [9.17, 15) is 4.79 Å². The van der Waals surface area contributed by atoms with Gasteiger partial charge in [0.1, 0.15) is 0 Å². The van der Waals surface area contributed by atoms with Crippen LogP contribution < -0.4 is 0 Å². The Labute approximate surface area is 155 Å². The molecule has 3 nitrogen and oxygen atoms in total. The van der Waals surface area contributed by atoms with E-state index in [1.165, 1.54) is 11.1 Å². The minimum atomic E-state index is 0. The molecule has 0 saturated carbocycles. The van der Waals surface area contributed by atoms with Gasteiger partial charge in [-0.2, -0.15) is 6.42 Å². The van der Waals surface area contributed by atoms with Gasteiger partial charge in [-0.25, -0.2) is 0 Å². The van der Waals surface area contributed by atoms with Crippen LogP contribution in [0.5, 0.6) is 0 Å². The Morgan fingerprint density at radius 2 is 1.76 bits per heavy atom. The number of benzene rings is 1. The number of aryl methyl sites for hydroxylation is 2. The predicted molar refractivity (Wildman–Crippen MR) is 78.8 cm³/mol. The standard InChI is InChI=1S/C16H23N2O.V.W/c1-4-12-17(5-2)18(14-19)13-6-7-16-10-8-15(3)9-11-16;;/h8-11H,1-2,4-7,12-13H2,3H3;;/q-3;+2;. The van der Waals surface area contributed by atoms with E-state index in [4.69, 9.17) is 0 Å². The van der Waals surface area contributed by atoms with Gasteiger partial charge in [-0.1, -0.05) is 29.8 Å². The second-order valence-electron chi connectivity index (χ2n) is 4.61. The van der Waals surface area contributed by atoms with Gasteiger partial charge in [-0.3, -0.25) is 5.01 Å². The number of hydrogen-bond donors (Lipinski definition) is 0. The van der Waals surface area contributed by atoms with Crippen molar-refractivity contribution in [1.82, 2.24) is 10.0 Å². The summed E-state index contributed by atoms with van der Waals surface area (Å²) in [6, 6.07) is 8.51. The fourth-order valence-electron chi connectivity index (χ4n) is 1.97. The van der Waals surface area contributed by atoms with Crippen molar-refractivity contribution in [2.24, 2.45) is 0 Å². The van der Waals surface area contributed by atoms with Crippen LogP contribution in [0, 0.1) is 20.8 Å². The zero-order valence-electron chi connectivity index (χ0n) is 12.6. The van der Waals surface area contributed by atoms with Crippen LogP contribution in [-0.4, -0.2) is 36.1 Å². The van der Waals surface area contributed by atoms with Crippen molar-refractivity contribution in [2.45, 2.75) is 26.2 Å². The van der Waals surface area contributed by atoms with Crippen molar-refractivity contribution < 1.29 is 44.4 Å². The first-order valence-electron chi connectivity index (χ1n) is 6.75. The van der Waals surface area contributed by atoms with Gasteiger partial charge in [0.25, 0.3) is 0 Å². The zero-order chi connectivity index (χ0) is 14.1. The minimum Gasteiger partial charge on any atom is -0.518 e. The summed E-state index contributed by atoms with van der Waals surface area (Å²) in [6.45, 7) is 11.7. The summed E-state index contributed by atoms with van der Waals surface area (Å²) < 4.78 is 0. The van der Waals surface area contributed by atoms with Crippen molar-refractivity contribution in [3.05, 3.63) is 49.2 Å². The second-order valence-corrected chi connectivity index (χ2v) is 4.61. The summed E-state index contributed by atoms with van der Waals surface area (Å²) in [4.78, 5) is 11.0. The Morgan fingerprint density at radius 1 is 1.14 bits per heavy atom. The largest absolute Gasteiger partial charge is 2.00 e. The normalized spacial score (nSPS) is 9.71. The van der Waals surface area contributed by atoms with Crippen molar-refractivity contribution in [1.29, 1.82) is 0 Å². The number of hydrazine groups is 1. The van der Waals surface area contributed by atoms with E-state index in [-0.39, 0.29) is 39.6 Å². The van der Waals surface area contributed by atoms with Gasteiger partial charge in [-0.15, -0.1) is 13.0 Å². The zero-order valence-corrected chi connectivity index (χ0v) is 17.0. The summed E-state index contributed by atoms with van der Waals surface area (Å²) in [5, 5.41) is 3.47. The molecule has 0 unspecified atom stereocenters. The molecule has 5 heteroatoms. The van der Waals surface area contributed by atoms with Gasteiger partial charge in [0.2, 0.25) is 0 Å². The van der Waals surface area contributed by atoms with Crippen molar-refractivity contribution in [3.63, 3.8) is 0 Å². The predicted octanol–water partition coefficient (Wildman–Crippen LogP) is 2.57. The van der Waals surface area contributed by atoms with E-state index < -0.39 is 0 Å². The monoisotopic (exact) mass is 494 g/mol. The summed E-state index contributed by atoms with van der Waals surface area (Å²) in [7, 11) is 0. The fourth-order valence-corrected chi connectivity index (χ4v) is 1.97. The first kappa shape index (κ1) is 23.2. The number of hydrogen-bond acceptors (Lipinski definition) is 2. The molecule has 0 heterocycles.